The molecule has 0 amide bonds. The second-order valence-electron chi connectivity index (χ2n) is 1.42. The molecule has 0 aliphatic rings. The highest BCUT2D eigenvalue weighted by atomic mass is 35.5. The Morgan fingerprint density at radius 3 is 2.36 bits per heavy atom. The van der Waals surface area contributed by atoms with Gasteiger partial charge in [0.15, 0.2) is 19.3 Å². The van der Waals surface area contributed by atoms with E-state index in [9.17, 15) is 0 Å². The van der Waals surface area contributed by atoms with Gasteiger partial charge in [-0.25, -0.2) is 9.98 Å². The highest BCUT2D eigenvalue weighted by molar-refractivity contribution is 7.20. The summed E-state index contributed by atoms with van der Waals surface area (Å²) in [4.78, 5) is 7.36. The Balaban J connectivity index is 3.04. The fraction of sp³-hybridized carbons (Fsp3) is 0. The molecule has 0 radical (unpaired) electrons. The van der Waals surface area contributed by atoms with Gasteiger partial charge in [-0.1, -0.05) is 34.5 Å². The third kappa shape index (κ3) is 2.76. The van der Waals surface area contributed by atoms with Gasteiger partial charge in [0, 0.05) is 0 Å². The van der Waals surface area contributed by atoms with Crippen LogP contribution in [0.1, 0.15) is 0 Å². The number of halogens is 4. The molecule has 11 heavy (non-hydrogen) atoms. The zero-order chi connectivity index (χ0) is 8.43. The second kappa shape index (κ2) is 3.92. The molecule has 0 saturated carbocycles. The minimum atomic E-state index is -0.118. The van der Waals surface area contributed by atoms with Crippen molar-refractivity contribution in [1.82, 2.24) is 4.98 Å². The average Bonchev–Trinajstić information content (AvgIpc) is 2.09. The van der Waals surface area contributed by atoms with E-state index < -0.39 is 0 Å². The predicted octanol–water partition coefficient (Wildman–Crippen LogP) is 3.92. The van der Waals surface area contributed by atoms with Gasteiger partial charge in [-0.15, -0.1) is 0 Å². The molecule has 7 heteroatoms. The monoisotopic (exact) mass is 248 g/mol. The van der Waals surface area contributed by atoms with E-state index in [1.165, 1.54) is 0 Å². The molecule has 0 aromatic carbocycles. The maximum atomic E-state index is 5.58. The molecule has 0 atom stereocenters. The number of hydrogen-bond donors (Lipinski definition) is 0. The average molecular weight is 250 g/mol. The van der Waals surface area contributed by atoms with Gasteiger partial charge in [0.05, 0.1) is 0 Å². The molecule has 1 aromatic heterocycles. The van der Waals surface area contributed by atoms with Gasteiger partial charge in [0.25, 0.3) is 0 Å². The zero-order valence-electron chi connectivity index (χ0n) is 4.81. The highest BCUT2D eigenvalue weighted by Crippen LogP contribution is 2.34. The molecule has 0 spiro atoms. The Labute approximate surface area is 86.8 Å². The number of thiazole rings is 1. The Hall–Kier alpha value is 0.460. The Bertz CT molecular complexity index is 290. The van der Waals surface area contributed by atoms with E-state index in [2.05, 4.69) is 9.98 Å². The first-order valence-corrected chi connectivity index (χ1v) is 4.64. The van der Waals surface area contributed by atoms with Crippen molar-refractivity contribution in [2.75, 3.05) is 0 Å². The fourth-order valence-corrected chi connectivity index (χ4v) is 1.89. The summed E-state index contributed by atoms with van der Waals surface area (Å²) in [5.74, 6) is 0. The second-order valence-corrected chi connectivity index (χ2v) is 4.24. The molecule has 0 saturated heterocycles. The van der Waals surface area contributed by atoms with Crippen molar-refractivity contribution in [2.45, 2.75) is 0 Å². The third-order valence-corrected chi connectivity index (χ3v) is 2.33. The number of hydrogen-bond acceptors (Lipinski definition) is 3. The fourth-order valence-electron chi connectivity index (χ4n) is 0.415. The van der Waals surface area contributed by atoms with Crippen molar-refractivity contribution in [3.8, 4) is 0 Å². The lowest BCUT2D eigenvalue weighted by Gasteiger charge is -1.83. The van der Waals surface area contributed by atoms with Crippen LogP contribution < -0.4 is 0 Å². The largest absolute Gasteiger partial charge is 0.211 e. The molecule has 0 unspecified atom stereocenters. The van der Waals surface area contributed by atoms with Crippen LogP contribution >= 0.6 is 57.7 Å². The molecule has 0 N–H and O–H groups in total. The van der Waals surface area contributed by atoms with E-state index >= 15 is 0 Å². The third-order valence-electron chi connectivity index (χ3n) is 0.729. The normalized spacial score (nSPS) is 9.82. The maximum absolute atomic E-state index is 5.58. The number of nitrogens with zero attached hydrogens (tertiary/aromatic N) is 2. The van der Waals surface area contributed by atoms with Gasteiger partial charge >= 0.3 is 0 Å². The van der Waals surface area contributed by atoms with E-state index in [0.29, 0.717) is 9.47 Å². The molecule has 0 aliphatic carbocycles. The van der Waals surface area contributed by atoms with Gasteiger partial charge < -0.3 is 0 Å². The first-order chi connectivity index (χ1) is 5.09. The lowest BCUT2D eigenvalue weighted by Crippen LogP contribution is -1.66. The lowest BCUT2D eigenvalue weighted by molar-refractivity contribution is 1.41. The van der Waals surface area contributed by atoms with Crippen LogP contribution in [0.4, 0.5) is 5.00 Å². The summed E-state index contributed by atoms with van der Waals surface area (Å²) in [5.41, 5.74) is 0. The van der Waals surface area contributed by atoms with Crippen LogP contribution in [0, 0.1) is 0 Å². The molecule has 0 bridgehead atoms. The molecule has 1 heterocycles. The van der Waals surface area contributed by atoms with Crippen molar-refractivity contribution in [3.63, 3.8) is 0 Å². The van der Waals surface area contributed by atoms with Gasteiger partial charge in [-0.05, 0) is 23.2 Å². The van der Waals surface area contributed by atoms with E-state index in [1.807, 2.05) is 0 Å². The van der Waals surface area contributed by atoms with Crippen LogP contribution in [-0.2, 0) is 0 Å². The van der Waals surface area contributed by atoms with E-state index in [-0.39, 0.29) is 9.78 Å². The molecule has 0 aliphatic heterocycles. The van der Waals surface area contributed by atoms with Gasteiger partial charge in [0.1, 0.15) is 0 Å². The molecular weight excluding hydrogens is 250 g/mol. The van der Waals surface area contributed by atoms with Crippen molar-refractivity contribution >= 4 is 67.4 Å². The van der Waals surface area contributed by atoms with Crippen molar-refractivity contribution in [1.29, 1.82) is 0 Å². The van der Waals surface area contributed by atoms with Crippen LogP contribution in [0.25, 0.3) is 0 Å². The smallest absolute Gasteiger partial charge is 0.198 e. The molecule has 60 valence electrons. The number of rotatable bonds is 1. The summed E-state index contributed by atoms with van der Waals surface area (Å²) < 4.78 is 0.190. The molecular formula is C4Cl4N2S. The van der Waals surface area contributed by atoms with Gasteiger partial charge in [-0.2, -0.15) is 0 Å². The summed E-state index contributed by atoms with van der Waals surface area (Å²) >= 11 is 22.8. The van der Waals surface area contributed by atoms with Crippen LogP contribution in [0.2, 0.25) is 9.62 Å². The van der Waals surface area contributed by atoms with Crippen molar-refractivity contribution in [2.24, 2.45) is 4.99 Å². The predicted molar refractivity (Wildman–Crippen MR) is 50.9 cm³/mol. The summed E-state index contributed by atoms with van der Waals surface area (Å²) in [7, 11) is 0. The maximum Gasteiger partial charge on any atom is 0.198 e. The quantitative estimate of drug-likeness (QED) is 0.693. The van der Waals surface area contributed by atoms with Crippen molar-refractivity contribution in [3.05, 3.63) is 9.62 Å². The molecule has 1 rings (SSSR count). The lowest BCUT2D eigenvalue weighted by atomic mass is 10.8. The topological polar surface area (TPSA) is 25.2 Å². The summed E-state index contributed by atoms with van der Waals surface area (Å²) in [6, 6.07) is 0. The standard InChI is InChI=1S/C4Cl4N2S/c5-1-2(10-3(6)7)11-4(8)9-1. The number of aromatic nitrogens is 1. The number of aliphatic imine (C=N–C) groups is 1. The van der Waals surface area contributed by atoms with Crippen LogP contribution in [0.5, 0.6) is 0 Å². The Kier molecular flexibility index (Phi) is 3.40. The van der Waals surface area contributed by atoms with Gasteiger partial charge in [-0.3, -0.25) is 0 Å². The van der Waals surface area contributed by atoms with Crippen LogP contribution in [0.3, 0.4) is 0 Å². The summed E-state index contributed by atoms with van der Waals surface area (Å²) in [6.45, 7) is 0. The minimum Gasteiger partial charge on any atom is -0.211 e. The van der Waals surface area contributed by atoms with E-state index in [1.54, 1.807) is 0 Å². The summed E-state index contributed by atoms with van der Waals surface area (Å²) in [5, 5.41) is 0.621. The first-order valence-electron chi connectivity index (χ1n) is 2.31. The summed E-state index contributed by atoms with van der Waals surface area (Å²) in [6.07, 6.45) is 0. The Morgan fingerprint density at radius 1 is 1.36 bits per heavy atom. The molecule has 1 aromatic rings. The van der Waals surface area contributed by atoms with Crippen LogP contribution in [-0.4, -0.2) is 9.61 Å². The van der Waals surface area contributed by atoms with Gasteiger partial charge in [0.2, 0.25) is 0 Å². The zero-order valence-corrected chi connectivity index (χ0v) is 8.65. The highest BCUT2D eigenvalue weighted by Gasteiger charge is 2.06. The minimum absolute atomic E-state index is 0.118. The van der Waals surface area contributed by atoms with Crippen LogP contribution in [0.15, 0.2) is 4.99 Å². The van der Waals surface area contributed by atoms with Crippen molar-refractivity contribution < 1.29 is 0 Å². The Morgan fingerprint density at radius 2 is 2.00 bits per heavy atom. The first kappa shape index (κ1) is 9.55. The van der Waals surface area contributed by atoms with E-state index in [0.717, 1.165) is 11.3 Å². The molecule has 0 fully saturated rings. The van der Waals surface area contributed by atoms with E-state index in [4.69, 9.17) is 46.4 Å². The SMILES string of the molecule is ClC(Cl)=Nc1sc(Cl)nc1Cl. The molecule has 2 nitrogen and oxygen atoms in total.